The maximum absolute atomic E-state index is 12.9. The average Bonchev–Trinajstić information content (AvgIpc) is 2.32. The van der Waals surface area contributed by atoms with Crippen LogP contribution < -0.4 is 10.9 Å². The Labute approximate surface area is 110 Å². The molecule has 0 bridgehead atoms. The fourth-order valence-electron chi connectivity index (χ4n) is 1.36. The number of H-pyrrole nitrogens is 1. The molecule has 6 heteroatoms. The molecular formula is C12H8BrFN2O2. The van der Waals surface area contributed by atoms with Crippen molar-refractivity contribution < 1.29 is 9.18 Å². The van der Waals surface area contributed by atoms with Gasteiger partial charge >= 0.3 is 0 Å². The van der Waals surface area contributed by atoms with Crippen LogP contribution in [0.15, 0.2) is 45.7 Å². The van der Waals surface area contributed by atoms with Gasteiger partial charge in [0.05, 0.1) is 5.69 Å². The molecular weight excluding hydrogens is 303 g/mol. The third-order valence-electron chi connectivity index (χ3n) is 2.19. The van der Waals surface area contributed by atoms with Gasteiger partial charge in [0.1, 0.15) is 11.5 Å². The fourth-order valence-corrected chi connectivity index (χ4v) is 1.81. The summed E-state index contributed by atoms with van der Waals surface area (Å²) < 4.78 is 13.3. The molecule has 0 aliphatic carbocycles. The summed E-state index contributed by atoms with van der Waals surface area (Å²) in [5.41, 5.74) is 0.200. The standard InChI is InChI=1S/C12H8BrFN2O2/c13-8-6-7(14)4-5-9(8)16-12(18)10-2-1-3-11(17)15-10/h1-6H,(H,15,17)(H,16,18). The summed E-state index contributed by atoms with van der Waals surface area (Å²) in [6.45, 7) is 0. The van der Waals surface area contributed by atoms with Crippen molar-refractivity contribution in [2.24, 2.45) is 0 Å². The van der Waals surface area contributed by atoms with E-state index >= 15 is 0 Å². The van der Waals surface area contributed by atoms with Gasteiger partial charge in [0, 0.05) is 10.5 Å². The number of nitrogens with one attached hydrogen (secondary N) is 2. The molecule has 92 valence electrons. The van der Waals surface area contributed by atoms with E-state index < -0.39 is 11.7 Å². The van der Waals surface area contributed by atoms with Crippen LogP contribution in [0, 0.1) is 5.82 Å². The first-order chi connectivity index (χ1) is 8.56. The van der Waals surface area contributed by atoms with Crippen molar-refractivity contribution in [2.45, 2.75) is 0 Å². The minimum atomic E-state index is -0.472. The lowest BCUT2D eigenvalue weighted by Gasteiger charge is -2.07. The van der Waals surface area contributed by atoms with Crippen molar-refractivity contribution in [1.82, 2.24) is 4.98 Å². The van der Waals surface area contributed by atoms with Crippen molar-refractivity contribution >= 4 is 27.5 Å². The number of pyridine rings is 1. The second-order valence-corrected chi connectivity index (χ2v) is 4.36. The number of rotatable bonds is 2. The van der Waals surface area contributed by atoms with Crippen LogP contribution >= 0.6 is 15.9 Å². The van der Waals surface area contributed by atoms with Crippen LogP contribution in [-0.2, 0) is 0 Å². The topological polar surface area (TPSA) is 62.0 Å². The predicted molar refractivity (Wildman–Crippen MR) is 69.1 cm³/mol. The molecule has 1 aromatic heterocycles. The van der Waals surface area contributed by atoms with Crippen molar-refractivity contribution in [2.75, 3.05) is 5.32 Å². The van der Waals surface area contributed by atoms with Crippen molar-refractivity contribution in [3.05, 3.63) is 62.7 Å². The van der Waals surface area contributed by atoms with Crippen molar-refractivity contribution in [3.8, 4) is 0 Å². The van der Waals surface area contributed by atoms with E-state index in [1.54, 1.807) is 0 Å². The second-order valence-electron chi connectivity index (χ2n) is 3.51. The molecule has 2 N–H and O–H groups in total. The lowest BCUT2D eigenvalue weighted by atomic mass is 10.3. The zero-order chi connectivity index (χ0) is 13.1. The van der Waals surface area contributed by atoms with Gasteiger partial charge in [-0.15, -0.1) is 0 Å². The third-order valence-corrected chi connectivity index (χ3v) is 2.85. The molecule has 2 aromatic rings. The molecule has 1 heterocycles. The highest BCUT2D eigenvalue weighted by Crippen LogP contribution is 2.23. The number of halogens is 2. The number of hydrogen-bond acceptors (Lipinski definition) is 2. The van der Waals surface area contributed by atoms with E-state index in [1.807, 2.05) is 0 Å². The summed E-state index contributed by atoms with van der Waals surface area (Å²) in [5, 5.41) is 2.56. The predicted octanol–water partition coefficient (Wildman–Crippen LogP) is 2.53. The molecule has 0 atom stereocenters. The number of aromatic amines is 1. The highest BCUT2D eigenvalue weighted by atomic mass is 79.9. The van der Waals surface area contributed by atoms with Gasteiger partial charge in [0.25, 0.3) is 5.91 Å². The van der Waals surface area contributed by atoms with Crippen LogP contribution in [0.1, 0.15) is 10.5 Å². The minimum absolute atomic E-state index is 0.138. The first-order valence-corrected chi connectivity index (χ1v) is 5.81. The minimum Gasteiger partial charge on any atom is -0.320 e. The van der Waals surface area contributed by atoms with Crippen molar-refractivity contribution in [3.63, 3.8) is 0 Å². The second kappa shape index (κ2) is 5.14. The molecule has 0 fully saturated rings. The Balaban J connectivity index is 2.24. The molecule has 0 unspecified atom stereocenters. The first kappa shape index (κ1) is 12.5. The van der Waals surface area contributed by atoms with E-state index in [9.17, 15) is 14.0 Å². The molecule has 1 amide bonds. The third kappa shape index (κ3) is 2.84. The molecule has 2 rings (SSSR count). The van der Waals surface area contributed by atoms with E-state index in [2.05, 4.69) is 26.2 Å². The summed E-state index contributed by atoms with van der Waals surface area (Å²) in [7, 11) is 0. The molecule has 0 aliphatic heterocycles. The Hall–Kier alpha value is -1.95. The Morgan fingerprint density at radius 2 is 2.06 bits per heavy atom. The highest BCUT2D eigenvalue weighted by Gasteiger charge is 2.09. The average molecular weight is 311 g/mol. The molecule has 0 aliphatic rings. The fraction of sp³-hybridized carbons (Fsp3) is 0. The van der Waals surface area contributed by atoms with E-state index in [0.717, 1.165) is 0 Å². The maximum Gasteiger partial charge on any atom is 0.272 e. The normalized spacial score (nSPS) is 10.1. The Kier molecular flexibility index (Phi) is 3.57. The lowest BCUT2D eigenvalue weighted by Crippen LogP contribution is -2.18. The number of aromatic nitrogens is 1. The van der Waals surface area contributed by atoms with Crippen LogP contribution in [-0.4, -0.2) is 10.9 Å². The number of anilines is 1. The lowest BCUT2D eigenvalue weighted by molar-refractivity contribution is 0.102. The van der Waals surface area contributed by atoms with Gasteiger partial charge in [-0.2, -0.15) is 0 Å². The number of amides is 1. The van der Waals surface area contributed by atoms with Crippen LogP contribution in [0.25, 0.3) is 0 Å². The highest BCUT2D eigenvalue weighted by molar-refractivity contribution is 9.10. The van der Waals surface area contributed by atoms with Gasteiger partial charge in [-0.05, 0) is 40.2 Å². The van der Waals surface area contributed by atoms with Gasteiger partial charge in [-0.25, -0.2) is 4.39 Å². The molecule has 18 heavy (non-hydrogen) atoms. The number of carbonyl (C=O) groups is 1. The summed E-state index contributed by atoms with van der Waals surface area (Å²) in [6, 6.07) is 8.17. The van der Waals surface area contributed by atoms with Gasteiger partial charge in [-0.3, -0.25) is 9.59 Å². The molecule has 0 saturated carbocycles. The van der Waals surface area contributed by atoms with E-state index in [4.69, 9.17) is 0 Å². The molecule has 0 saturated heterocycles. The number of carbonyl (C=O) groups excluding carboxylic acids is 1. The molecule has 1 aromatic carbocycles. The molecule has 0 radical (unpaired) electrons. The van der Waals surface area contributed by atoms with E-state index in [0.29, 0.717) is 10.2 Å². The van der Waals surface area contributed by atoms with Gasteiger partial charge in [0.15, 0.2) is 0 Å². The monoisotopic (exact) mass is 310 g/mol. The summed E-state index contributed by atoms with van der Waals surface area (Å²) >= 11 is 3.14. The Bertz CT molecular complexity index is 655. The number of benzene rings is 1. The van der Waals surface area contributed by atoms with Crippen LogP contribution in [0.3, 0.4) is 0 Å². The summed E-state index contributed by atoms with van der Waals surface area (Å²) in [4.78, 5) is 25.3. The smallest absolute Gasteiger partial charge is 0.272 e. The van der Waals surface area contributed by atoms with Crippen LogP contribution in [0.5, 0.6) is 0 Å². The zero-order valence-electron chi connectivity index (χ0n) is 9.04. The van der Waals surface area contributed by atoms with E-state index in [-0.39, 0.29) is 11.3 Å². The Morgan fingerprint density at radius 1 is 1.28 bits per heavy atom. The maximum atomic E-state index is 12.9. The SMILES string of the molecule is O=C(Nc1ccc(F)cc1Br)c1cccc(=O)[nH]1. The molecule has 4 nitrogen and oxygen atoms in total. The molecule has 0 spiro atoms. The number of hydrogen-bond donors (Lipinski definition) is 2. The van der Waals surface area contributed by atoms with Gasteiger partial charge < -0.3 is 10.3 Å². The van der Waals surface area contributed by atoms with Gasteiger partial charge in [0.2, 0.25) is 5.56 Å². The summed E-state index contributed by atoms with van der Waals surface area (Å²) in [5.74, 6) is -0.881. The zero-order valence-corrected chi connectivity index (χ0v) is 10.6. The first-order valence-electron chi connectivity index (χ1n) is 5.02. The quantitative estimate of drug-likeness (QED) is 0.895. The van der Waals surface area contributed by atoms with Crippen molar-refractivity contribution in [1.29, 1.82) is 0 Å². The summed E-state index contributed by atoms with van der Waals surface area (Å²) in [6.07, 6.45) is 0. The largest absolute Gasteiger partial charge is 0.320 e. The Morgan fingerprint density at radius 3 is 2.72 bits per heavy atom. The van der Waals surface area contributed by atoms with E-state index in [1.165, 1.54) is 36.4 Å². The van der Waals surface area contributed by atoms with Crippen LogP contribution in [0.2, 0.25) is 0 Å². The van der Waals surface area contributed by atoms with Crippen LogP contribution in [0.4, 0.5) is 10.1 Å². The van der Waals surface area contributed by atoms with Gasteiger partial charge in [-0.1, -0.05) is 6.07 Å².